The number of aryl methyl sites for hydroxylation is 1. The van der Waals surface area contributed by atoms with Crippen molar-refractivity contribution in [2.75, 3.05) is 0 Å². The first-order chi connectivity index (χ1) is 11.1. The van der Waals surface area contributed by atoms with Gasteiger partial charge >= 0.3 is 0 Å². The number of fused-ring (bicyclic) bond motifs is 1. The number of nitrogens with zero attached hydrogens (tertiary/aromatic N) is 3. The molecular weight excluding hydrogens is 310 g/mol. The van der Waals surface area contributed by atoms with E-state index >= 15 is 0 Å². The molecule has 1 unspecified atom stereocenters. The van der Waals surface area contributed by atoms with Gasteiger partial charge in [0.15, 0.2) is 0 Å². The normalized spacial score (nSPS) is 17.3. The predicted molar refractivity (Wildman–Crippen MR) is 90.5 cm³/mol. The Morgan fingerprint density at radius 1 is 1.43 bits per heavy atom. The third-order valence-electron chi connectivity index (χ3n) is 4.94. The molecule has 0 aromatic carbocycles. The quantitative estimate of drug-likeness (QED) is 0.922. The number of aliphatic hydroxyl groups excluding tert-OH is 1. The lowest BCUT2D eigenvalue weighted by molar-refractivity contribution is 0.0697. The smallest absolute Gasteiger partial charge is 0.140 e. The minimum Gasteiger partial charge on any atom is -0.391 e. The van der Waals surface area contributed by atoms with Gasteiger partial charge in [-0.1, -0.05) is 30.9 Å². The van der Waals surface area contributed by atoms with E-state index in [4.69, 9.17) is 16.9 Å². The maximum absolute atomic E-state index is 10.6. The van der Waals surface area contributed by atoms with E-state index in [0.29, 0.717) is 23.9 Å². The van der Waals surface area contributed by atoms with Crippen molar-refractivity contribution < 1.29 is 5.11 Å². The number of hydrogen-bond acceptors (Lipinski definition) is 3. The molecule has 0 radical (unpaired) electrons. The maximum atomic E-state index is 10.6. The van der Waals surface area contributed by atoms with E-state index in [1.54, 1.807) is 0 Å². The Balaban J connectivity index is 1.89. The van der Waals surface area contributed by atoms with E-state index in [9.17, 15) is 5.11 Å². The molecule has 0 aromatic heterocycles. The fourth-order valence-electron chi connectivity index (χ4n) is 3.68. The minimum atomic E-state index is -0.376. The second kappa shape index (κ2) is 6.90. The summed E-state index contributed by atoms with van der Waals surface area (Å²) in [6.07, 6.45) is 7.66. The van der Waals surface area contributed by atoms with Crippen LogP contribution >= 0.6 is 11.6 Å². The average molecular weight is 332 g/mol. The molecule has 5 heteroatoms. The molecule has 4 nitrogen and oxygen atoms in total. The molecule has 2 aliphatic heterocycles. The highest BCUT2D eigenvalue weighted by molar-refractivity contribution is 6.30. The molecule has 0 amide bonds. The van der Waals surface area contributed by atoms with Crippen LogP contribution in [0.15, 0.2) is 12.3 Å². The monoisotopic (exact) mass is 331 g/mol. The van der Waals surface area contributed by atoms with Crippen molar-refractivity contribution in [2.24, 2.45) is 5.92 Å². The first-order valence-electron chi connectivity index (χ1n) is 8.30. The Bertz CT molecular complexity index is 697. The number of nitriles is 1. The van der Waals surface area contributed by atoms with E-state index in [0.717, 1.165) is 35.5 Å². The molecule has 1 N–H and O–H groups in total. The van der Waals surface area contributed by atoms with Crippen LogP contribution in [0.1, 0.15) is 43.4 Å². The van der Waals surface area contributed by atoms with Gasteiger partial charge in [0.05, 0.1) is 30.2 Å². The first-order valence-corrected chi connectivity index (χ1v) is 8.68. The standard InChI is InChI=1S/C18H22ClN3O/c1-12-15(7-8-20)16-9-14(19)10-22(18(16)21-12)11-17(23)13-5-3-2-4-6-13/h9-10,13,17,23H,2-7,11H2,1H3. The topological polar surface area (TPSA) is 61.8 Å². The largest absolute Gasteiger partial charge is 0.391 e. The Morgan fingerprint density at radius 3 is 2.87 bits per heavy atom. The van der Waals surface area contributed by atoms with Crippen molar-refractivity contribution in [1.29, 1.82) is 5.26 Å². The Labute approximate surface area is 142 Å². The molecule has 3 rings (SSSR count). The molecule has 23 heavy (non-hydrogen) atoms. The molecule has 1 fully saturated rings. The highest BCUT2D eigenvalue weighted by atomic mass is 35.5. The van der Waals surface area contributed by atoms with Crippen LogP contribution in [0, 0.1) is 24.2 Å². The molecule has 0 bridgehead atoms. The van der Waals surface area contributed by atoms with Crippen molar-refractivity contribution in [1.82, 2.24) is 9.55 Å². The zero-order chi connectivity index (χ0) is 16.4. The van der Waals surface area contributed by atoms with Crippen LogP contribution < -0.4 is 0 Å². The molecule has 1 atom stereocenters. The Morgan fingerprint density at radius 2 is 2.17 bits per heavy atom. The van der Waals surface area contributed by atoms with Gasteiger partial charge in [0.2, 0.25) is 0 Å². The zero-order valence-electron chi connectivity index (χ0n) is 13.4. The average Bonchev–Trinajstić information content (AvgIpc) is 2.85. The van der Waals surface area contributed by atoms with Crippen LogP contribution in [0.5, 0.6) is 0 Å². The third kappa shape index (κ3) is 3.36. The van der Waals surface area contributed by atoms with Crippen molar-refractivity contribution in [2.45, 2.75) is 58.1 Å². The van der Waals surface area contributed by atoms with Crippen molar-refractivity contribution in [3.05, 3.63) is 28.5 Å². The van der Waals surface area contributed by atoms with Crippen molar-refractivity contribution in [3.63, 3.8) is 0 Å². The Kier molecular flexibility index (Phi) is 4.89. The lowest BCUT2D eigenvalue weighted by atomic mass is 9.85. The second-order valence-electron chi connectivity index (χ2n) is 6.52. The summed E-state index contributed by atoms with van der Waals surface area (Å²) in [5, 5.41) is 20.2. The molecular formula is C18H22ClN3O. The number of hydrogen-bond donors (Lipinski definition) is 1. The van der Waals surface area contributed by atoms with Gasteiger partial charge in [0, 0.05) is 17.5 Å². The van der Waals surface area contributed by atoms with Crippen LogP contribution in [-0.4, -0.2) is 20.8 Å². The van der Waals surface area contributed by atoms with Crippen LogP contribution in [0.2, 0.25) is 5.02 Å². The predicted octanol–water partition coefficient (Wildman–Crippen LogP) is 3.96. The van der Waals surface area contributed by atoms with E-state index in [2.05, 4.69) is 11.1 Å². The first kappa shape index (κ1) is 16.3. The van der Waals surface area contributed by atoms with E-state index in [-0.39, 0.29) is 6.10 Å². The molecule has 0 spiro atoms. The second-order valence-corrected chi connectivity index (χ2v) is 6.96. The van der Waals surface area contributed by atoms with Gasteiger partial charge in [-0.2, -0.15) is 5.26 Å². The van der Waals surface area contributed by atoms with Crippen LogP contribution in [0.25, 0.3) is 11.4 Å². The summed E-state index contributed by atoms with van der Waals surface area (Å²) >= 11 is 6.26. The molecule has 122 valence electrons. The van der Waals surface area contributed by atoms with Gasteiger partial charge in [0.1, 0.15) is 5.82 Å². The summed E-state index contributed by atoms with van der Waals surface area (Å²) in [5.74, 6) is 1.17. The minimum absolute atomic E-state index is 0.327. The fourth-order valence-corrected chi connectivity index (χ4v) is 3.91. The van der Waals surface area contributed by atoms with Gasteiger partial charge in [-0.05, 0) is 37.3 Å². The molecule has 0 saturated heterocycles. The lowest BCUT2D eigenvalue weighted by Crippen LogP contribution is -2.28. The van der Waals surface area contributed by atoms with Crippen LogP contribution in [-0.2, 0) is 13.0 Å². The molecule has 1 saturated carbocycles. The number of aromatic nitrogens is 2. The third-order valence-corrected chi connectivity index (χ3v) is 5.15. The zero-order valence-corrected chi connectivity index (χ0v) is 14.2. The summed E-state index contributed by atoms with van der Waals surface area (Å²) < 4.78 is 1.95. The summed E-state index contributed by atoms with van der Waals surface area (Å²) in [6.45, 7) is 2.42. The lowest BCUT2D eigenvalue weighted by Gasteiger charge is -2.27. The summed E-state index contributed by atoms with van der Waals surface area (Å²) in [5.41, 5.74) is 2.73. The van der Waals surface area contributed by atoms with Gasteiger partial charge in [-0.25, -0.2) is 4.98 Å². The Hall–Kier alpha value is -1.57. The molecule has 2 heterocycles. The fraction of sp³-hybridized carbons (Fsp3) is 0.556. The van der Waals surface area contributed by atoms with E-state index in [1.165, 1.54) is 19.3 Å². The van der Waals surface area contributed by atoms with Crippen molar-refractivity contribution in [3.8, 4) is 17.5 Å². The van der Waals surface area contributed by atoms with Crippen molar-refractivity contribution >= 4 is 11.6 Å². The van der Waals surface area contributed by atoms with Gasteiger partial charge < -0.3 is 9.67 Å². The summed E-state index contributed by atoms with van der Waals surface area (Å²) in [6, 6.07) is 4.06. The molecule has 3 aliphatic rings. The number of rotatable bonds is 4. The number of aliphatic hydroxyl groups is 1. The highest BCUT2D eigenvalue weighted by Gasteiger charge is 2.25. The summed E-state index contributed by atoms with van der Waals surface area (Å²) in [7, 11) is 0. The maximum Gasteiger partial charge on any atom is 0.140 e. The SMILES string of the molecule is Cc1nc2n(CC(O)C3CCCCC3)cc(Cl)cc-2c1CC#N. The number of pyridine rings is 1. The van der Waals surface area contributed by atoms with Crippen LogP contribution in [0.3, 0.4) is 0 Å². The van der Waals surface area contributed by atoms with Gasteiger partial charge in [-0.15, -0.1) is 0 Å². The van der Waals surface area contributed by atoms with Gasteiger partial charge in [-0.3, -0.25) is 0 Å². The molecule has 0 aromatic rings. The summed E-state index contributed by atoms with van der Waals surface area (Å²) in [4.78, 5) is 4.61. The highest BCUT2D eigenvalue weighted by Crippen LogP contribution is 2.33. The molecule has 1 aliphatic carbocycles. The van der Waals surface area contributed by atoms with E-state index in [1.807, 2.05) is 23.8 Å². The van der Waals surface area contributed by atoms with Crippen LogP contribution in [0.4, 0.5) is 0 Å². The van der Waals surface area contributed by atoms with Gasteiger partial charge in [0.25, 0.3) is 0 Å². The number of halogens is 1. The van der Waals surface area contributed by atoms with E-state index < -0.39 is 0 Å².